The van der Waals surface area contributed by atoms with Crippen LogP contribution in [0.1, 0.15) is 56.9 Å². The molecule has 176 valence electrons. The Labute approximate surface area is 191 Å². The van der Waals surface area contributed by atoms with E-state index < -0.39 is 63.9 Å². The first-order valence-electron chi connectivity index (χ1n) is 10.1. The molecule has 2 aromatic carbocycles. The first-order valence-corrected chi connectivity index (χ1v) is 10.1. The fraction of sp³-hybridized carbons (Fsp3) is 0.208. The maximum absolute atomic E-state index is 13.8. The number of carbonyl (C=O) groups excluding carboxylic acids is 2. The largest absolute Gasteiger partial charge is 0.508 e. The molecule has 0 amide bonds. The molecule has 0 aliphatic heterocycles. The van der Waals surface area contributed by atoms with Gasteiger partial charge in [0.15, 0.2) is 11.6 Å². The SMILES string of the molecule is CC1(O)CC(=O)c2c(O)cc(O)cc2C1C(=O)c1c(O)cc(O)cc1Cc1cc(O)cc(=O)o1. The van der Waals surface area contributed by atoms with E-state index in [1.807, 2.05) is 0 Å². The lowest BCUT2D eigenvalue weighted by atomic mass is 9.68. The molecule has 10 heteroatoms. The summed E-state index contributed by atoms with van der Waals surface area (Å²) in [4.78, 5) is 37.9. The van der Waals surface area contributed by atoms with E-state index in [9.17, 15) is 45.0 Å². The summed E-state index contributed by atoms with van der Waals surface area (Å²) in [6, 6.07) is 6.01. The fourth-order valence-corrected chi connectivity index (χ4v) is 4.47. The van der Waals surface area contributed by atoms with Crippen molar-refractivity contribution < 1.29 is 44.6 Å². The number of rotatable bonds is 4. The van der Waals surface area contributed by atoms with Crippen LogP contribution in [0.3, 0.4) is 0 Å². The Hall–Kier alpha value is -4.31. The van der Waals surface area contributed by atoms with Crippen molar-refractivity contribution in [3.63, 3.8) is 0 Å². The molecule has 0 spiro atoms. The van der Waals surface area contributed by atoms with Gasteiger partial charge in [0.25, 0.3) is 0 Å². The maximum atomic E-state index is 13.8. The molecular weight excluding hydrogens is 448 g/mol. The Morgan fingerprint density at radius 2 is 1.56 bits per heavy atom. The third kappa shape index (κ3) is 3.95. The second kappa shape index (κ2) is 7.92. The third-order valence-corrected chi connectivity index (χ3v) is 5.73. The van der Waals surface area contributed by atoms with E-state index >= 15 is 0 Å². The Balaban J connectivity index is 1.90. The van der Waals surface area contributed by atoms with E-state index in [2.05, 4.69) is 0 Å². The Bertz CT molecular complexity index is 1400. The van der Waals surface area contributed by atoms with Gasteiger partial charge in [-0.1, -0.05) is 0 Å². The summed E-state index contributed by atoms with van der Waals surface area (Å²) in [5.41, 5.74) is -3.54. The lowest BCUT2D eigenvalue weighted by Gasteiger charge is -2.37. The number of hydrogen-bond donors (Lipinski definition) is 6. The number of Topliss-reactive ketones (excluding diaryl/α,β-unsaturated/α-hetero) is 2. The minimum atomic E-state index is -1.96. The molecule has 0 saturated carbocycles. The predicted octanol–water partition coefficient (Wildman–Crippen LogP) is 2.06. The van der Waals surface area contributed by atoms with Crippen LogP contribution in [0, 0.1) is 0 Å². The molecule has 10 nitrogen and oxygen atoms in total. The van der Waals surface area contributed by atoms with E-state index in [0.717, 1.165) is 36.4 Å². The van der Waals surface area contributed by atoms with Gasteiger partial charge in [0.05, 0.1) is 28.7 Å². The van der Waals surface area contributed by atoms with Crippen LogP contribution in [0.5, 0.6) is 28.7 Å². The summed E-state index contributed by atoms with van der Waals surface area (Å²) in [6.45, 7) is 1.24. The number of phenolic OH excluding ortho intramolecular Hbond substituents is 4. The minimum Gasteiger partial charge on any atom is -0.508 e. The van der Waals surface area contributed by atoms with Crippen molar-refractivity contribution >= 4 is 11.6 Å². The third-order valence-electron chi connectivity index (χ3n) is 5.73. The van der Waals surface area contributed by atoms with Gasteiger partial charge in [-0.25, -0.2) is 4.79 Å². The van der Waals surface area contributed by atoms with Gasteiger partial charge in [0, 0.05) is 31.0 Å². The van der Waals surface area contributed by atoms with Crippen LogP contribution in [-0.4, -0.2) is 47.8 Å². The van der Waals surface area contributed by atoms with Crippen molar-refractivity contribution in [2.24, 2.45) is 0 Å². The minimum absolute atomic E-state index is 0.00475. The molecule has 4 rings (SSSR count). The molecule has 0 saturated heterocycles. The molecule has 1 aromatic heterocycles. The number of carbonyl (C=O) groups is 2. The van der Waals surface area contributed by atoms with Gasteiger partial charge in [0.2, 0.25) is 0 Å². The zero-order valence-electron chi connectivity index (χ0n) is 17.8. The van der Waals surface area contributed by atoms with Crippen LogP contribution in [0.15, 0.2) is 45.6 Å². The summed E-state index contributed by atoms with van der Waals surface area (Å²) in [7, 11) is 0. The highest BCUT2D eigenvalue weighted by Crippen LogP contribution is 2.47. The van der Waals surface area contributed by atoms with E-state index in [4.69, 9.17) is 4.42 Å². The number of benzene rings is 2. The van der Waals surface area contributed by atoms with Gasteiger partial charge in [-0.05, 0) is 30.2 Å². The van der Waals surface area contributed by atoms with Crippen LogP contribution in [0.4, 0.5) is 0 Å². The molecule has 1 heterocycles. The summed E-state index contributed by atoms with van der Waals surface area (Å²) in [5, 5.41) is 61.5. The van der Waals surface area contributed by atoms with Crippen molar-refractivity contribution in [3.8, 4) is 28.7 Å². The highest BCUT2D eigenvalue weighted by Gasteiger charge is 2.48. The fourth-order valence-electron chi connectivity index (χ4n) is 4.47. The molecule has 2 atom stereocenters. The first kappa shape index (κ1) is 22.9. The van der Waals surface area contributed by atoms with Crippen LogP contribution >= 0.6 is 0 Å². The van der Waals surface area contributed by atoms with Gasteiger partial charge >= 0.3 is 5.63 Å². The zero-order chi connectivity index (χ0) is 24.9. The number of fused-ring (bicyclic) bond motifs is 1. The van der Waals surface area contributed by atoms with Gasteiger partial charge in [-0.15, -0.1) is 0 Å². The Morgan fingerprint density at radius 3 is 2.24 bits per heavy atom. The second-order valence-corrected chi connectivity index (χ2v) is 8.46. The van der Waals surface area contributed by atoms with E-state index in [1.54, 1.807) is 0 Å². The quantitative estimate of drug-likeness (QED) is 0.310. The molecular formula is C24H20O10. The Kier molecular flexibility index (Phi) is 5.33. The van der Waals surface area contributed by atoms with E-state index in [0.29, 0.717) is 0 Å². The van der Waals surface area contributed by atoms with Crippen molar-refractivity contribution in [2.75, 3.05) is 0 Å². The monoisotopic (exact) mass is 468 g/mol. The van der Waals surface area contributed by atoms with Gasteiger partial charge in [0.1, 0.15) is 34.5 Å². The molecule has 6 N–H and O–H groups in total. The van der Waals surface area contributed by atoms with Crippen molar-refractivity contribution in [3.05, 3.63) is 74.8 Å². The molecule has 1 aliphatic rings. The van der Waals surface area contributed by atoms with Crippen LogP contribution in [-0.2, 0) is 6.42 Å². The highest BCUT2D eigenvalue weighted by atomic mass is 16.4. The van der Waals surface area contributed by atoms with Crippen LogP contribution in [0.25, 0.3) is 0 Å². The highest BCUT2D eigenvalue weighted by molar-refractivity contribution is 6.11. The van der Waals surface area contributed by atoms with Crippen molar-refractivity contribution in [1.29, 1.82) is 0 Å². The van der Waals surface area contributed by atoms with Crippen LogP contribution in [0.2, 0.25) is 0 Å². The van der Waals surface area contributed by atoms with Crippen LogP contribution < -0.4 is 5.63 Å². The average Bonchev–Trinajstić information content (AvgIpc) is 2.64. The number of aromatic hydroxyl groups is 5. The van der Waals surface area contributed by atoms with Crippen molar-refractivity contribution in [1.82, 2.24) is 0 Å². The van der Waals surface area contributed by atoms with Crippen molar-refractivity contribution in [2.45, 2.75) is 31.3 Å². The van der Waals surface area contributed by atoms with Gasteiger partial charge in [-0.2, -0.15) is 0 Å². The summed E-state index contributed by atoms with van der Waals surface area (Å²) in [5.74, 6) is -5.56. The molecule has 2 unspecified atom stereocenters. The molecule has 1 aliphatic carbocycles. The predicted molar refractivity (Wildman–Crippen MR) is 116 cm³/mol. The molecule has 0 bridgehead atoms. The summed E-state index contributed by atoms with van der Waals surface area (Å²) < 4.78 is 5.01. The molecule has 3 aromatic rings. The average molecular weight is 468 g/mol. The van der Waals surface area contributed by atoms with E-state index in [1.165, 1.54) is 6.92 Å². The number of hydrogen-bond acceptors (Lipinski definition) is 10. The number of aliphatic hydroxyl groups is 1. The summed E-state index contributed by atoms with van der Waals surface area (Å²) >= 11 is 0. The lowest BCUT2D eigenvalue weighted by Crippen LogP contribution is -2.44. The molecule has 34 heavy (non-hydrogen) atoms. The van der Waals surface area contributed by atoms with Gasteiger partial charge in [-0.3, -0.25) is 9.59 Å². The molecule has 0 radical (unpaired) electrons. The maximum Gasteiger partial charge on any atom is 0.339 e. The number of phenols is 4. The van der Waals surface area contributed by atoms with Gasteiger partial charge < -0.3 is 35.1 Å². The first-order chi connectivity index (χ1) is 15.9. The smallest absolute Gasteiger partial charge is 0.339 e. The van der Waals surface area contributed by atoms with E-state index in [-0.39, 0.29) is 34.4 Å². The zero-order valence-corrected chi connectivity index (χ0v) is 17.8. The lowest BCUT2D eigenvalue weighted by molar-refractivity contribution is 0.0190. The normalized spacial score (nSPS) is 19.6. The second-order valence-electron chi connectivity index (χ2n) is 8.46. The Morgan fingerprint density at radius 1 is 0.941 bits per heavy atom. The topological polar surface area (TPSA) is 186 Å². The summed E-state index contributed by atoms with van der Waals surface area (Å²) in [6.07, 6.45) is -0.830. The molecule has 0 fully saturated rings. The number of ketones is 2. The standard InChI is InChI=1S/C24H20O10/c1-24(33)9-18(30)21-15(5-13(27)7-17(21)29)22(24)23(32)20-10(2-11(25)6-16(20)28)3-14-4-12(26)8-19(31)34-14/h2,4-8,22,25-29,33H,3,9H2,1H3.